The number of imidazole rings is 1. The van der Waals surface area contributed by atoms with Crippen LogP contribution in [0.15, 0.2) is 30.6 Å². The van der Waals surface area contributed by atoms with Crippen molar-refractivity contribution in [2.24, 2.45) is 0 Å². The average Bonchev–Trinajstić information content (AvgIpc) is 2.76. The summed E-state index contributed by atoms with van der Waals surface area (Å²) in [6.45, 7) is 0. The first-order chi connectivity index (χ1) is 7.68. The molecular weight excluding hydrogens is 231 g/mol. The zero-order valence-corrected chi connectivity index (χ0v) is 9.08. The van der Waals surface area contributed by atoms with Gasteiger partial charge in [-0.3, -0.25) is 0 Å². The van der Waals surface area contributed by atoms with Crippen LogP contribution in [0.3, 0.4) is 0 Å². The van der Waals surface area contributed by atoms with Gasteiger partial charge in [0.1, 0.15) is 17.7 Å². The van der Waals surface area contributed by atoms with Crippen LogP contribution in [-0.2, 0) is 6.42 Å². The van der Waals surface area contributed by atoms with E-state index in [1.165, 1.54) is 18.3 Å². The second-order valence-electron chi connectivity index (χ2n) is 3.39. The molecule has 0 aliphatic rings. The lowest BCUT2D eigenvalue weighted by Crippen LogP contribution is -2.05. The lowest BCUT2D eigenvalue weighted by molar-refractivity contribution is 0.168. The van der Waals surface area contributed by atoms with E-state index in [2.05, 4.69) is 9.97 Å². The van der Waals surface area contributed by atoms with Crippen molar-refractivity contribution in [3.05, 3.63) is 52.8 Å². The number of halogens is 2. The van der Waals surface area contributed by atoms with E-state index in [1.54, 1.807) is 12.3 Å². The number of hydrogen-bond donors (Lipinski definition) is 2. The van der Waals surface area contributed by atoms with Crippen LogP contribution in [0, 0.1) is 5.82 Å². The Hall–Kier alpha value is -1.39. The van der Waals surface area contributed by atoms with Crippen molar-refractivity contribution in [2.45, 2.75) is 12.5 Å². The van der Waals surface area contributed by atoms with Crippen molar-refractivity contribution >= 4 is 11.6 Å². The summed E-state index contributed by atoms with van der Waals surface area (Å²) in [5.41, 5.74) is 0.299. The summed E-state index contributed by atoms with van der Waals surface area (Å²) in [5, 5.41) is 10.1. The summed E-state index contributed by atoms with van der Waals surface area (Å²) in [6, 6.07) is 4.44. The number of H-pyrrole nitrogens is 1. The number of aliphatic hydroxyl groups is 1. The van der Waals surface area contributed by atoms with Crippen LogP contribution < -0.4 is 0 Å². The molecular formula is C11H10ClFN2O. The summed E-state index contributed by atoms with van der Waals surface area (Å²) in [4.78, 5) is 6.67. The second-order valence-corrected chi connectivity index (χ2v) is 3.80. The number of hydrogen-bond acceptors (Lipinski definition) is 2. The maximum absolute atomic E-state index is 13.4. The van der Waals surface area contributed by atoms with Gasteiger partial charge in [0, 0.05) is 29.4 Å². The summed E-state index contributed by atoms with van der Waals surface area (Å²) >= 11 is 5.85. The maximum Gasteiger partial charge on any atom is 0.135 e. The highest BCUT2D eigenvalue weighted by Crippen LogP contribution is 2.24. The largest absolute Gasteiger partial charge is 0.385 e. The fourth-order valence-corrected chi connectivity index (χ4v) is 1.72. The molecule has 2 aromatic rings. The fourth-order valence-electron chi connectivity index (χ4n) is 1.48. The predicted octanol–water partition coefficient (Wildman–Crippen LogP) is 2.48. The molecule has 16 heavy (non-hydrogen) atoms. The highest BCUT2D eigenvalue weighted by Gasteiger charge is 2.15. The van der Waals surface area contributed by atoms with Gasteiger partial charge in [0.25, 0.3) is 0 Å². The van der Waals surface area contributed by atoms with Gasteiger partial charge in [-0.25, -0.2) is 9.37 Å². The van der Waals surface area contributed by atoms with E-state index in [4.69, 9.17) is 11.6 Å². The number of aromatic nitrogens is 2. The van der Waals surface area contributed by atoms with Gasteiger partial charge in [-0.1, -0.05) is 17.7 Å². The molecule has 0 amide bonds. The quantitative estimate of drug-likeness (QED) is 0.866. The molecule has 0 aliphatic carbocycles. The summed E-state index contributed by atoms with van der Waals surface area (Å²) in [6.07, 6.45) is 2.34. The molecule has 0 saturated carbocycles. The normalized spacial score (nSPS) is 12.7. The summed E-state index contributed by atoms with van der Waals surface area (Å²) in [5.74, 6) is -0.0163. The van der Waals surface area contributed by atoms with Gasteiger partial charge in [-0.05, 0) is 12.1 Å². The molecule has 2 N–H and O–H groups in total. The Balaban J connectivity index is 2.21. The fraction of sp³-hybridized carbons (Fsp3) is 0.182. The van der Waals surface area contributed by atoms with E-state index in [0.717, 1.165) is 0 Å². The predicted molar refractivity (Wildman–Crippen MR) is 58.7 cm³/mol. The molecule has 1 aromatic heterocycles. The standard InChI is InChI=1S/C11H10ClFN2O/c12-8-2-1-3-9(13)7(8)6-10(16)11-14-4-5-15-11/h1-5,10,16H,6H2,(H,14,15). The molecule has 1 unspecified atom stereocenters. The minimum Gasteiger partial charge on any atom is -0.385 e. The zero-order chi connectivity index (χ0) is 11.5. The molecule has 0 spiro atoms. The topological polar surface area (TPSA) is 48.9 Å². The van der Waals surface area contributed by atoms with Gasteiger partial charge in [0.15, 0.2) is 0 Å². The number of aromatic amines is 1. The van der Waals surface area contributed by atoms with Crippen molar-refractivity contribution in [1.29, 1.82) is 0 Å². The van der Waals surface area contributed by atoms with E-state index >= 15 is 0 Å². The van der Waals surface area contributed by atoms with Gasteiger partial charge < -0.3 is 10.1 Å². The SMILES string of the molecule is OC(Cc1c(F)cccc1Cl)c1ncc[nH]1. The molecule has 0 aliphatic heterocycles. The van der Waals surface area contributed by atoms with E-state index < -0.39 is 11.9 Å². The van der Waals surface area contributed by atoms with Gasteiger partial charge in [-0.15, -0.1) is 0 Å². The molecule has 3 nitrogen and oxygen atoms in total. The molecule has 1 heterocycles. The van der Waals surface area contributed by atoms with E-state index in [9.17, 15) is 9.50 Å². The van der Waals surface area contributed by atoms with Gasteiger partial charge in [0.05, 0.1) is 0 Å². The Bertz CT molecular complexity index is 453. The Morgan fingerprint density at radius 2 is 2.31 bits per heavy atom. The van der Waals surface area contributed by atoms with Crippen LogP contribution >= 0.6 is 11.6 Å². The van der Waals surface area contributed by atoms with Crippen LogP contribution in [0.5, 0.6) is 0 Å². The number of rotatable bonds is 3. The maximum atomic E-state index is 13.4. The van der Waals surface area contributed by atoms with Gasteiger partial charge in [0.2, 0.25) is 0 Å². The molecule has 5 heteroatoms. The molecule has 1 aromatic carbocycles. The molecule has 0 fully saturated rings. The van der Waals surface area contributed by atoms with E-state index in [1.807, 2.05) is 0 Å². The summed E-state index contributed by atoms with van der Waals surface area (Å²) < 4.78 is 13.4. The van der Waals surface area contributed by atoms with Crippen molar-refractivity contribution in [2.75, 3.05) is 0 Å². The third-order valence-electron chi connectivity index (χ3n) is 2.29. The van der Waals surface area contributed by atoms with Crippen molar-refractivity contribution in [3.63, 3.8) is 0 Å². The smallest absolute Gasteiger partial charge is 0.135 e. The van der Waals surface area contributed by atoms with Crippen LogP contribution in [-0.4, -0.2) is 15.1 Å². The highest BCUT2D eigenvalue weighted by atomic mass is 35.5. The highest BCUT2D eigenvalue weighted by molar-refractivity contribution is 6.31. The lowest BCUT2D eigenvalue weighted by Gasteiger charge is -2.10. The number of benzene rings is 1. The van der Waals surface area contributed by atoms with Crippen LogP contribution in [0.25, 0.3) is 0 Å². The van der Waals surface area contributed by atoms with Gasteiger partial charge >= 0.3 is 0 Å². The first-order valence-corrected chi connectivity index (χ1v) is 5.16. The van der Waals surface area contributed by atoms with Crippen LogP contribution in [0.4, 0.5) is 4.39 Å². The minimum atomic E-state index is -0.885. The first-order valence-electron chi connectivity index (χ1n) is 4.78. The molecule has 0 bridgehead atoms. The van der Waals surface area contributed by atoms with Crippen LogP contribution in [0.2, 0.25) is 5.02 Å². The number of nitrogens with zero attached hydrogens (tertiary/aromatic N) is 1. The minimum absolute atomic E-state index is 0.0962. The molecule has 2 rings (SSSR count). The summed E-state index contributed by atoms with van der Waals surface area (Å²) in [7, 11) is 0. The average molecular weight is 241 g/mol. The molecule has 84 valence electrons. The van der Waals surface area contributed by atoms with Crippen molar-refractivity contribution in [1.82, 2.24) is 9.97 Å². The number of nitrogens with one attached hydrogen (secondary N) is 1. The molecule has 1 atom stereocenters. The lowest BCUT2D eigenvalue weighted by atomic mass is 10.1. The van der Waals surface area contributed by atoms with E-state index in [-0.39, 0.29) is 6.42 Å². The Morgan fingerprint density at radius 3 is 2.94 bits per heavy atom. The Morgan fingerprint density at radius 1 is 1.50 bits per heavy atom. The Kier molecular flexibility index (Phi) is 3.22. The molecule has 0 saturated heterocycles. The Labute approximate surface area is 96.9 Å². The van der Waals surface area contributed by atoms with Crippen molar-refractivity contribution in [3.8, 4) is 0 Å². The molecule has 0 radical (unpaired) electrons. The second kappa shape index (κ2) is 4.63. The monoisotopic (exact) mass is 240 g/mol. The number of aliphatic hydroxyl groups excluding tert-OH is 1. The third-order valence-corrected chi connectivity index (χ3v) is 2.65. The first kappa shape index (κ1) is 11.1. The van der Waals surface area contributed by atoms with Crippen LogP contribution in [0.1, 0.15) is 17.5 Å². The van der Waals surface area contributed by atoms with E-state index in [0.29, 0.717) is 16.4 Å². The van der Waals surface area contributed by atoms with Gasteiger partial charge in [-0.2, -0.15) is 0 Å². The zero-order valence-electron chi connectivity index (χ0n) is 8.32. The van der Waals surface area contributed by atoms with Crippen molar-refractivity contribution < 1.29 is 9.50 Å². The third kappa shape index (κ3) is 2.23.